The third kappa shape index (κ3) is 4.61. The van der Waals surface area contributed by atoms with Crippen molar-refractivity contribution in [3.8, 4) is 11.5 Å². The van der Waals surface area contributed by atoms with Gasteiger partial charge in [-0.15, -0.1) is 0 Å². The van der Waals surface area contributed by atoms with E-state index in [1.54, 1.807) is 19.1 Å². The number of carboxylic acids is 1. The normalized spacial score (nSPS) is 24.8. The van der Waals surface area contributed by atoms with Crippen LogP contribution in [0.15, 0.2) is 18.2 Å². The van der Waals surface area contributed by atoms with Crippen molar-refractivity contribution in [3.05, 3.63) is 18.2 Å². The summed E-state index contributed by atoms with van der Waals surface area (Å²) in [6.07, 6.45) is 1.45. The van der Waals surface area contributed by atoms with Crippen molar-refractivity contribution in [1.29, 1.82) is 0 Å². The van der Waals surface area contributed by atoms with Crippen molar-refractivity contribution in [2.45, 2.75) is 25.8 Å². The Bertz CT molecular complexity index is 704. The molecule has 0 aliphatic carbocycles. The lowest BCUT2D eigenvalue weighted by Crippen LogP contribution is -2.52. The molecule has 2 amide bonds. The fourth-order valence-electron chi connectivity index (χ4n) is 4.05. The minimum atomic E-state index is -0.830. The number of carbonyl (C=O) groups is 2. The Morgan fingerprint density at radius 1 is 1.11 bits per heavy atom. The molecule has 8 nitrogen and oxygen atoms in total. The maximum absolute atomic E-state index is 12.7. The number of anilines is 1. The molecular formula is C20H29N3O5. The summed E-state index contributed by atoms with van der Waals surface area (Å²) in [6, 6.07) is 5.58. The van der Waals surface area contributed by atoms with Crippen LogP contribution in [-0.2, 0) is 4.79 Å². The summed E-state index contributed by atoms with van der Waals surface area (Å²) in [5.74, 6) is 0.319. The molecule has 0 spiro atoms. The van der Waals surface area contributed by atoms with Gasteiger partial charge >= 0.3 is 12.0 Å². The standard InChI is InChI=1S/C20H29N3O5/c1-13-6-14(19(24)25)11-23(10-13)20(26)21-15-4-5-22(12-15)16-7-17(27-2)9-18(8-16)28-3/h7-9,13-15H,4-6,10-12H2,1-3H3,(H,21,26)(H,24,25). The van der Waals surface area contributed by atoms with Crippen LogP contribution < -0.4 is 19.7 Å². The molecule has 3 atom stereocenters. The van der Waals surface area contributed by atoms with Gasteiger partial charge in [0.25, 0.3) is 0 Å². The molecular weight excluding hydrogens is 362 g/mol. The van der Waals surface area contributed by atoms with Gasteiger partial charge in [-0.25, -0.2) is 4.79 Å². The van der Waals surface area contributed by atoms with Crippen LogP contribution in [0.5, 0.6) is 11.5 Å². The number of aliphatic carboxylic acids is 1. The second-order valence-electron chi connectivity index (χ2n) is 7.73. The molecule has 2 saturated heterocycles. The number of piperidine rings is 1. The smallest absolute Gasteiger partial charge is 0.317 e. The Morgan fingerprint density at radius 2 is 1.79 bits per heavy atom. The van der Waals surface area contributed by atoms with Crippen molar-refractivity contribution in [3.63, 3.8) is 0 Å². The lowest BCUT2D eigenvalue weighted by atomic mass is 9.91. The van der Waals surface area contributed by atoms with Crippen LogP contribution in [0.4, 0.5) is 10.5 Å². The summed E-state index contributed by atoms with van der Waals surface area (Å²) in [4.78, 5) is 27.8. The Morgan fingerprint density at radius 3 is 2.39 bits per heavy atom. The van der Waals surface area contributed by atoms with Gasteiger partial charge in [0.2, 0.25) is 0 Å². The minimum Gasteiger partial charge on any atom is -0.497 e. The SMILES string of the molecule is COc1cc(OC)cc(N2CCC(NC(=O)N3CC(C)CC(C(=O)O)C3)C2)c1. The van der Waals surface area contributed by atoms with Gasteiger partial charge in [0, 0.05) is 56.1 Å². The quantitative estimate of drug-likeness (QED) is 0.798. The monoisotopic (exact) mass is 391 g/mol. The number of carboxylic acid groups (broad SMARTS) is 1. The zero-order valence-electron chi connectivity index (χ0n) is 16.7. The number of nitrogens with zero attached hydrogens (tertiary/aromatic N) is 2. The number of amides is 2. The average Bonchev–Trinajstić information content (AvgIpc) is 3.15. The molecule has 0 aromatic heterocycles. The first kappa shape index (κ1) is 20.1. The summed E-state index contributed by atoms with van der Waals surface area (Å²) in [5.41, 5.74) is 0.991. The second-order valence-corrected chi connectivity index (χ2v) is 7.73. The fourth-order valence-corrected chi connectivity index (χ4v) is 4.05. The number of urea groups is 1. The maximum Gasteiger partial charge on any atom is 0.317 e. The number of carbonyl (C=O) groups excluding carboxylic acids is 1. The first-order valence-corrected chi connectivity index (χ1v) is 9.65. The molecule has 2 aliphatic rings. The summed E-state index contributed by atoms with van der Waals surface area (Å²) >= 11 is 0. The molecule has 154 valence electrons. The Labute approximate surface area is 165 Å². The van der Waals surface area contributed by atoms with Crippen molar-refractivity contribution in [2.75, 3.05) is 45.3 Å². The van der Waals surface area contributed by atoms with Crippen LogP contribution >= 0.6 is 0 Å². The van der Waals surface area contributed by atoms with E-state index in [1.807, 2.05) is 25.1 Å². The van der Waals surface area contributed by atoms with Gasteiger partial charge in [-0.2, -0.15) is 0 Å². The van der Waals surface area contributed by atoms with Gasteiger partial charge in [0.1, 0.15) is 11.5 Å². The third-order valence-electron chi connectivity index (χ3n) is 5.51. The summed E-state index contributed by atoms with van der Waals surface area (Å²) < 4.78 is 10.7. The summed E-state index contributed by atoms with van der Waals surface area (Å²) in [6.45, 7) is 4.36. The van der Waals surface area contributed by atoms with E-state index in [4.69, 9.17) is 9.47 Å². The van der Waals surface area contributed by atoms with Gasteiger partial charge in [0.15, 0.2) is 0 Å². The number of methoxy groups -OCH3 is 2. The first-order chi connectivity index (χ1) is 13.4. The number of likely N-dealkylation sites (tertiary alicyclic amines) is 1. The number of hydrogen-bond donors (Lipinski definition) is 2. The molecule has 1 aromatic carbocycles. The molecule has 28 heavy (non-hydrogen) atoms. The highest BCUT2D eigenvalue weighted by Gasteiger charge is 2.33. The van der Waals surface area contributed by atoms with E-state index in [-0.39, 0.29) is 24.5 Å². The van der Waals surface area contributed by atoms with Gasteiger partial charge in [0.05, 0.1) is 20.1 Å². The minimum absolute atomic E-state index is 0.0187. The molecule has 8 heteroatoms. The predicted molar refractivity (Wildman–Crippen MR) is 105 cm³/mol. The number of nitrogens with one attached hydrogen (secondary N) is 1. The number of benzene rings is 1. The van der Waals surface area contributed by atoms with E-state index < -0.39 is 11.9 Å². The molecule has 0 saturated carbocycles. The molecule has 0 radical (unpaired) electrons. The Kier molecular flexibility index (Phi) is 6.16. The zero-order chi connectivity index (χ0) is 20.3. The highest BCUT2D eigenvalue weighted by molar-refractivity contribution is 5.77. The van der Waals surface area contributed by atoms with Crippen molar-refractivity contribution in [2.24, 2.45) is 11.8 Å². The molecule has 2 N–H and O–H groups in total. The van der Waals surface area contributed by atoms with Gasteiger partial charge in [-0.05, 0) is 18.8 Å². The Balaban J connectivity index is 1.60. The van der Waals surface area contributed by atoms with Crippen LogP contribution in [0.25, 0.3) is 0 Å². The van der Waals surface area contributed by atoms with Gasteiger partial charge in [-0.1, -0.05) is 6.92 Å². The second kappa shape index (κ2) is 8.58. The molecule has 0 bridgehead atoms. The van der Waals surface area contributed by atoms with Crippen molar-refractivity contribution < 1.29 is 24.2 Å². The molecule has 1 aromatic rings. The lowest BCUT2D eigenvalue weighted by Gasteiger charge is -2.35. The van der Waals surface area contributed by atoms with Crippen LogP contribution in [0.1, 0.15) is 19.8 Å². The molecule has 2 aliphatic heterocycles. The summed E-state index contributed by atoms with van der Waals surface area (Å²) in [5, 5.41) is 12.4. The predicted octanol–water partition coefficient (Wildman–Crippen LogP) is 2.03. The van der Waals surface area contributed by atoms with E-state index >= 15 is 0 Å². The third-order valence-corrected chi connectivity index (χ3v) is 5.51. The number of rotatable bonds is 5. The van der Waals surface area contributed by atoms with E-state index in [2.05, 4.69) is 10.2 Å². The number of hydrogen-bond acceptors (Lipinski definition) is 5. The summed E-state index contributed by atoms with van der Waals surface area (Å²) in [7, 11) is 3.24. The van der Waals surface area contributed by atoms with Crippen LogP contribution in [0.2, 0.25) is 0 Å². The van der Waals surface area contributed by atoms with Crippen molar-refractivity contribution in [1.82, 2.24) is 10.2 Å². The lowest BCUT2D eigenvalue weighted by molar-refractivity contribution is -0.143. The molecule has 2 fully saturated rings. The first-order valence-electron chi connectivity index (χ1n) is 9.65. The fraction of sp³-hybridized carbons (Fsp3) is 0.600. The topological polar surface area (TPSA) is 91.3 Å². The number of ether oxygens (including phenoxy) is 2. The van der Waals surface area contributed by atoms with E-state index in [0.717, 1.165) is 30.2 Å². The van der Waals surface area contributed by atoms with E-state index in [9.17, 15) is 14.7 Å². The van der Waals surface area contributed by atoms with Crippen LogP contribution in [0.3, 0.4) is 0 Å². The molecule has 2 heterocycles. The Hall–Kier alpha value is -2.64. The van der Waals surface area contributed by atoms with Gasteiger partial charge in [-0.3, -0.25) is 4.79 Å². The van der Waals surface area contributed by atoms with Gasteiger partial charge < -0.3 is 29.7 Å². The van der Waals surface area contributed by atoms with Crippen molar-refractivity contribution >= 4 is 17.7 Å². The van der Waals surface area contributed by atoms with E-state index in [0.29, 0.717) is 19.5 Å². The highest BCUT2D eigenvalue weighted by atomic mass is 16.5. The zero-order valence-corrected chi connectivity index (χ0v) is 16.7. The molecule has 3 rings (SSSR count). The maximum atomic E-state index is 12.7. The van der Waals surface area contributed by atoms with Crippen LogP contribution in [-0.4, -0.2) is 68.4 Å². The highest BCUT2D eigenvalue weighted by Crippen LogP contribution is 2.30. The van der Waals surface area contributed by atoms with E-state index in [1.165, 1.54) is 0 Å². The average molecular weight is 391 g/mol. The van der Waals surface area contributed by atoms with Crippen LogP contribution in [0, 0.1) is 11.8 Å². The molecule has 3 unspecified atom stereocenters. The largest absolute Gasteiger partial charge is 0.497 e.